The van der Waals surface area contributed by atoms with Gasteiger partial charge in [-0.05, 0) is 38.0 Å². The van der Waals surface area contributed by atoms with Gasteiger partial charge in [0.2, 0.25) is 0 Å². The molecular weight excluding hydrogens is 258 g/mol. The summed E-state index contributed by atoms with van der Waals surface area (Å²) < 4.78 is 11.0. The number of nitrogens with two attached hydrogens (primary N) is 1. The normalized spacial score (nSPS) is 24.4. The zero-order valence-electron chi connectivity index (χ0n) is 11.7. The van der Waals surface area contributed by atoms with E-state index in [0.717, 1.165) is 24.5 Å². The van der Waals surface area contributed by atoms with E-state index in [2.05, 4.69) is 19.1 Å². The molecule has 1 aromatic rings. The van der Waals surface area contributed by atoms with Crippen molar-refractivity contribution in [3.63, 3.8) is 0 Å². The van der Waals surface area contributed by atoms with Crippen molar-refractivity contribution in [2.24, 2.45) is 5.73 Å². The third kappa shape index (κ3) is 4.13. The van der Waals surface area contributed by atoms with Crippen LogP contribution in [0, 0.1) is 0 Å². The summed E-state index contributed by atoms with van der Waals surface area (Å²) in [5.41, 5.74) is 7.41. The van der Waals surface area contributed by atoms with Gasteiger partial charge in [-0.15, -0.1) is 0 Å². The lowest BCUT2D eigenvalue weighted by Gasteiger charge is -2.17. The minimum atomic E-state index is 0.0773. The summed E-state index contributed by atoms with van der Waals surface area (Å²) >= 11 is 1.93. The van der Waals surface area contributed by atoms with Crippen LogP contribution in [0.15, 0.2) is 24.3 Å². The van der Waals surface area contributed by atoms with Crippen LogP contribution in [0.25, 0.3) is 0 Å². The van der Waals surface area contributed by atoms with Gasteiger partial charge in [-0.25, -0.2) is 0 Å². The highest BCUT2D eigenvalue weighted by Gasteiger charge is 2.25. The molecule has 1 fully saturated rings. The number of hydrogen-bond acceptors (Lipinski definition) is 4. The van der Waals surface area contributed by atoms with E-state index in [9.17, 15) is 0 Å². The van der Waals surface area contributed by atoms with Crippen molar-refractivity contribution in [2.75, 3.05) is 19.0 Å². The van der Waals surface area contributed by atoms with Crippen LogP contribution in [0.2, 0.25) is 0 Å². The molecule has 2 N–H and O–H groups in total. The van der Waals surface area contributed by atoms with Crippen LogP contribution in [0.5, 0.6) is 5.75 Å². The van der Waals surface area contributed by atoms with Crippen LogP contribution in [-0.2, 0) is 4.74 Å². The fourth-order valence-corrected chi connectivity index (χ4v) is 3.49. The van der Waals surface area contributed by atoms with Gasteiger partial charge in [-0.2, -0.15) is 11.8 Å². The molecule has 3 nitrogen and oxygen atoms in total. The Kier molecular flexibility index (Phi) is 5.55. The Balaban J connectivity index is 1.83. The number of thioether (sulfide) groups is 1. The van der Waals surface area contributed by atoms with Gasteiger partial charge in [-0.3, -0.25) is 0 Å². The lowest BCUT2D eigenvalue weighted by Crippen LogP contribution is -2.19. The molecule has 1 aliphatic rings. The zero-order valence-corrected chi connectivity index (χ0v) is 12.5. The Bertz CT molecular complexity index is 382. The quantitative estimate of drug-likeness (QED) is 0.870. The number of ether oxygens (including phenoxy) is 2. The average Bonchev–Trinajstić information content (AvgIpc) is 2.83. The van der Waals surface area contributed by atoms with Crippen LogP contribution in [-0.4, -0.2) is 30.3 Å². The zero-order chi connectivity index (χ0) is 13.7. The largest absolute Gasteiger partial charge is 0.494 e. The molecule has 4 heteroatoms. The van der Waals surface area contributed by atoms with E-state index < -0.39 is 0 Å². The predicted octanol–water partition coefficient (Wildman–Crippen LogP) is 3.00. The van der Waals surface area contributed by atoms with Gasteiger partial charge in [0, 0.05) is 23.7 Å². The maximum absolute atomic E-state index is 6.24. The topological polar surface area (TPSA) is 44.5 Å². The highest BCUT2D eigenvalue weighted by Crippen LogP contribution is 2.29. The number of hydrogen-bond donors (Lipinski definition) is 1. The van der Waals surface area contributed by atoms with Crippen LogP contribution < -0.4 is 10.5 Å². The third-order valence-corrected chi connectivity index (χ3v) is 5.01. The minimum absolute atomic E-state index is 0.0773. The second kappa shape index (κ2) is 7.17. The van der Waals surface area contributed by atoms with Crippen LogP contribution in [0.1, 0.15) is 31.9 Å². The highest BCUT2D eigenvalue weighted by atomic mass is 32.2. The summed E-state index contributed by atoms with van der Waals surface area (Å²) in [7, 11) is 0. The molecule has 106 valence electrons. The van der Waals surface area contributed by atoms with E-state index in [0.29, 0.717) is 18.0 Å². The molecule has 0 aromatic heterocycles. The maximum atomic E-state index is 6.24. The lowest BCUT2D eigenvalue weighted by atomic mass is 10.1. The second-order valence-electron chi connectivity index (χ2n) is 4.84. The Labute approximate surface area is 119 Å². The molecule has 0 radical (unpaired) electrons. The monoisotopic (exact) mass is 281 g/mol. The molecule has 0 bridgehead atoms. The molecule has 19 heavy (non-hydrogen) atoms. The van der Waals surface area contributed by atoms with E-state index in [1.165, 1.54) is 5.56 Å². The first-order valence-corrected chi connectivity index (χ1v) is 7.97. The first kappa shape index (κ1) is 14.7. The standard InChI is InChI=1S/C15H23NO2S/c1-3-17-13-6-4-12(5-7-13)14(16)10-19-15-8-9-18-11(15)2/h4-7,11,14-15H,3,8-10,16H2,1-2H3. The molecule has 0 saturated carbocycles. The van der Waals surface area contributed by atoms with Gasteiger partial charge in [0.25, 0.3) is 0 Å². The van der Waals surface area contributed by atoms with Crippen molar-refractivity contribution in [1.82, 2.24) is 0 Å². The molecule has 0 amide bonds. The number of benzene rings is 1. The summed E-state index contributed by atoms with van der Waals surface area (Å²) in [5.74, 6) is 1.84. The van der Waals surface area contributed by atoms with E-state index in [1.807, 2.05) is 30.8 Å². The Morgan fingerprint density at radius 1 is 1.42 bits per heavy atom. The molecule has 1 aromatic carbocycles. The molecule has 2 rings (SSSR count). The molecule has 1 aliphatic heterocycles. The Hall–Kier alpha value is -0.710. The van der Waals surface area contributed by atoms with Crippen LogP contribution >= 0.6 is 11.8 Å². The molecule has 1 saturated heterocycles. The Morgan fingerprint density at radius 3 is 2.74 bits per heavy atom. The first-order chi connectivity index (χ1) is 9.20. The van der Waals surface area contributed by atoms with E-state index in [-0.39, 0.29) is 6.04 Å². The van der Waals surface area contributed by atoms with Crippen molar-refractivity contribution in [3.8, 4) is 5.75 Å². The third-order valence-electron chi connectivity index (χ3n) is 3.42. The van der Waals surface area contributed by atoms with E-state index >= 15 is 0 Å². The van der Waals surface area contributed by atoms with Gasteiger partial charge in [0.05, 0.1) is 12.7 Å². The van der Waals surface area contributed by atoms with Crippen molar-refractivity contribution in [3.05, 3.63) is 29.8 Å². The van der Waals surface area contributed by atoms with Gasteiger partial charge < -0.3 is 15.2 Å². The summed E-state index contributed by atoms with van der Waals surface area (Å²) in [4.78, 5) is 0. The Morgan fingerprint density at radius 2 is 2.16 bits per heavy atom. The van der Waals surface area contributed by atoms with Crippen molar-refractivity contribution in [1.29, 1.82) is 0 Å². The molecule has 3 atom stereocenters. The van der Waals surface area contributed by atoms with E-state index in [4.69, 9.17) is 15.2 Å². The van der Waals surface area contributed by atoms with Gasteiger partial charge in [0.15, 0.2) is 0 Å². The SMILES string of the molecule is CCOc1ccc(C(N)CSC2CCOC2C)cc1. The van der Waals surface area contributed by atoms with Crippen LogP contribution in [0.4, 0.5) is 0 Å². The second-order valence-corrected chi connectivity index (χ2v) is 6.12. The summed E-state index contributed by atoms with van der Waals surface area (Å²) in [6, 6.07) is 8.18. The van der Waals surface area contributed by atoms with Crippen molar-refractivity contribution >= 4 is 11.8 Å². The summed E-state index contributed by atoms with van der Waals surface area (Å²) in [6.45, 7) is 5.71. The van der Waals surface area contributed by atoms with Crippen molar-refractivity contribution < 1.29 is 9.47 Å². The fraction of sp³-hybridized carbons (Fsp3) is 0.600. The van der Waals surface area contributed by atoms with E-state index in [1.54, 1.807) is 0 Å². The summed E-state index contributed by atoms with van der Waals surface area (Å²) in [6.07, 6.45) is 1.50. The lowest BCUT2D eigenvalue weighted by molar-refractivity contribution is 0.127. The van der Waals surface area contributed by atoms with Gasteiger partial charge in [0.1, 0.15) is 5.75 Å². The van der Waals surface area contributed by atoms with Gasteiger partial charge >= 0.3 is 0 Å². The van der Waals surface area contributed by atoms with Gasteiger partial charge in [-0.1, -0.05) is 12.1 Å². The van der Waals surface area contributed by atoms with Crippen molar-refractivity contribution in [2.45, 2.75) is 37.7 Å². The maximum Gasteiger partial charge on any atom is 0.119 e. The summed E-state index contributed by atoms with van der Waals surface area (Å²) in [5, 5.41) is 0.591. The smallest absolute Gasteiger partial charge is 0.119 e. The minimum Gasteiger partial charge on any atom is -0.494 e. The fourth-order valence-electron chi connectivity index (χ4n) is 2.23. The molecule has 3 unspecified atom stereocenters. The first-order valence-electron chi connectivity index (χ1n) is 6.92. The predicted molar refractivity (Wildman–Crippen MR) is 80.8 cm³/mol. The molecule has 0 aliphatic carbocycles. The molecule has 1 heterocycles. The average molecular weight is 281 g/mol. The number of rotatable bonds is 6. The van der Waals surface area contributed by atoms with Crippen LogP contribution in [0.3, 0.4) is 0 Å². The molecule has 0 spiro atoms. The molecular formula is C15H23NO2S. The highest BCUT2D eigenvalue weighted by molar-refractivity contribution is 8.00.